The maximum atomic E-state index is 5.28. The van der Waals surface area contributed by atoms with Crippen molar-refractivity contribution in [2.24, 2.45) is 5.84 Å². The molecule has 17 heavy (non-hydrogen) atoms. The smallest absolute Gasteiger partial charge is 0.239 e. The molecule has 2 rings (SSSR count). The number of nitrogens with zero attached hydrogens (tertiary/aromatic N) is 2. The van der Waals surface area contributed by atoms with Crippen LogP contribution >= 0.6 is 27.3 Å². The van der Waals surface area contributed by atoms with E-state index in [-0.39, 0.29) is 6.04 Å². The maximum absolute atomic E-state index is 5.28. The summed E-state index contributed by atoms with van der Waals surface area (Å²) < 4.78 is 0.805. The van der Waals surface area contributed by atoms with Gasteiger partial charge in [-0.2, -0.15) is 4.98 Å². The summed E-state index contributed by atoms with van der Waals surface area (Å²) in [7, 11) is 0. The van der Waals surface area contributed by atoms with E-state index in [2.05, 4.69) is 55.0 Å². The van der Waals surface area contributed by atoms with Crippen LogP contribution in [0.1, 0.15) is 17.8 Å². The summed E-state index contributed by atoms with van der Waals surface area (Å²) in [5.41, 5.74) is 2.42. The molecule has 2 aromatic rings. The summed E-state index contributed by atoms with van der Waals surface area (Å²) in [5.74, 6) is 6.38. The molecule has 2 heterocycles. The highest BCUT2D eigenvalue weighted by molar-refractivity contribution is 9.10. The lowest BCUT2D eigenvalue weighted by Gasteiger charge is -2.14. The Labute approximate surface area is 112 Å². The zero-order valence-corrected chi connectivity index (χ0v) is 11.5. The number of halogens is 1. The average Bonchev–Trinajstić information content (AvgIpc) is 2.85. The van der Waals surface area contributed by atoms with Crippen molar-refractivity contribution in [1.82, 2.24) is 9.97 Å². The van der Waals surface area contributed by atoms with Gasteiger partial charge in [0.05, 0.1) is 10.5 Å². The average molecular weight is 314 g/mol. The topological polar surface area (TPSA) is 75.9 Å². The third kappa shape index (κ3) is 2.93. The Morgan fingerprint density at radius 2 is 2.35 bits per heavy atom. The van der Waals surface area contributed by atoms with Gasteiger partial charge in [-0.05, 0) is 34.3 Å². The van der Waals surface area contributed by atoms with E-state index < -0.39 is 0 Å². The predicted octanol–water partition coefficient (Wildman–Crippen LogP) is 2.76. The van der Waals surface area contributed by atoms with Crippen LogP contribution in [0, 0.1) is 0 Å². The Kier molecular flexibility index (Phi) is 3.93. The summed E-state index contributed by atoms with van der Waals surface area (Å²) >= 11 is 5.10. The van der Waals surface area contributed by atoms with Crippen LogP contribution in [-0.4, -0.2) is 9.97 Å². The minimum absolute atomic E-state index is 0.187. The molecular weight excluding hydrogens is 302 g/mol. The SMILES string of the molecule is CC(Nc1nc(NN)ncc1Br)c1cccs1. The quantitative estimate of drug-likeness (QED) is 0.597. The van der Waals surface area contributed by atoms with Gasteiger partial charge < -0.3 is 5.32 Å². The van der Waals surface area contributed by atoms with E-state index >= 15 is 0 Å². The first-order valence-corrected chi connectivity index (χ1v) is 6.67. The largest absolute Gasteiger partial charge is 0.362 e. The van der Waals surface area contributed by atoms with Gasteiger partial charge in [0.2, 0.25) is 5.95 Å². The third-order valence-electron chi connectivity index (χ3n) is 2.20. The molecule has 0 aliphatic heterocycles. The van der Waals surface area contributed by atoms with Crippen molar-refractivity contribution in [1.29, 1.82) is 0 Å². The summed E-state index contributed by atoms with van der Waals surface area (Å²) in [4.78, 5) is 9.48. The molecule has 0 aromatic carbocycles. The van der Waals surface area contributed by atoms with Crippen molar-refractivity contribution in [3.05, 3.63) is 33.1 Å². The fourth-order valence-corrected chi connectivity index (χ4v) is 2.39. The number of nitrogen functional groups attached to an aromatic ring is 1. The van der Waals surface area contributed by atoms with E-state index in [9.17, 15) is 0 Å². The molecule has 1 unspecified atom stereocenters. The summed E-state index contributed by atoms with van der Waals surface area (Å²) in [6.07, 6.45) is 1.66. The van der Waals surface area contributed by atoms with Crippen molar-refractivity contribution in [3.8, 4) is 0 Å². The van der Waals surface area contributed by atoms with Crippen LogP contribution in [-0.2, 0) is 0 Å². The first kappa shape index (κ1) is 12.3. The van der Waals surface area contributed by atoms with Crippen LogP contribution in [0.3, 0.4) is 0 Å². The molecule has 0 saturated carbocycles. The number of thiophene rings is 1. The Hall–Kier alpha value is -1.18. The molecule has 4 N–H and O–H groups in total. The van der Waals surface area contributed by atoms with Crippen LogP contribution in [0.5, 0.6) is 0 Å². The van der Waals surface area contributed by atoms with E-state index in [1.54, 1.807) is 17.5 Å². The summed E-state index contributed by atoms with van der Waals surface area (Å²) in [5, 5.41) is 5.36. The molecule has 0 radical (unpaired) electrons. The van der Waals surface area contributed by atoms with E-state index in [1.165, 1.54) is 4.88 Å². The molecule has 0 aliphatic rings. The molecule has 2 aromatic heterocycles. The fraction of sp³-hybridized carbons (Fsp3) is 0.200. The molecule has 0 aliphatic carbocycles. The molecular formula is C10H12BrN5S. The van der Waals surface area contributed by atoms with Gasteiger partial charge >= 0.3 is 0 Å². The second-order valence-corrected chi connectivity index (χ2v) is 5.25. The van der Waals surface area contributed by atoms with Gasteiger partial charge in [-0.25, -0.2) is 10.8 Å². The van der Waals surface area contributed by atoms with Gasteiger partial charge in [-0.3, -0.25) is 5.43 Å². The standard InChI is InChI=1S/C10H12BrN5S/c1-6(8-3-2-4-17-8)14-9-7(11)5-13-10(15-9)16-12/h2-6H,12H2,1H3,(H2,13,14,15,16). The predicted molar refractivity (Wildman–Crippen MR) is 73.9 cm³/mol. The van der Waals surface area contributed by atoms with Gasteiger partial charge in [0.1, 0.15) is 5.82 Å². The van der Waals surface area contributed by atoms with Gasteiger partial charge in [-0.15, -0.1) is 11.3 Å². The van der Waals surface area contributed by atoms with Crippen molar-refractivity contribution < 1.29 is 0 Å². The lowest BCUT2D eigenvalue weighted by atomic mass is 10.3. The monoisotopic (exact) mass is 313 g/mol. The minimum Gasteiger partial charge on any atom is -0.362 e. The third-order valence-corrected chi connectivity index (χ3v) is 3.83. The second-order valence-electron chi connectivity index (χ2n) is 3.42. The van der Waals surface area contributed by atoms with Gasteiger partial charge in [-0.1, -0.05) is 6.07 Å². The molecule has 0 amide bonds. The van der Waals surface area contributed by atoms with Crippen LogP contribution < -0.4 is 16.6 Å². The van der Waals surface area contributed by atoms with E-state index in [0.717, 1.165) is 4.47 Å². The Morgan fingerprint density at radius 1 is 1.53 bits per heavy atom. The number of rotatable bonds is 4. The molecule has 0 bridgehead atoms. The van der Waals surface area contributed by atoms with Crippen molar-refractivity contribution in [2.75, 3.05) is 10.7 Å². The molecule has 0 fully saturated rings. The van der Waals surface area contributed by atoms with Gasteiger partial charge in [0, 0.05) is 11.1 Å². The Morgan fingerprint density at radius 3 is 3.00 bits per heavy atom. The van der Waals surface area contributed by atoms with Crippen molar-refractivity contribution in [3.63, 3.8) is 0 Å². The van der Waals surface area contributed by atoms with Crippen LogP contribution in [0.25, 0.3) is 0 Å². The van der Waals surface area contributed by atoms with Crippen LogP contribution in [0.4, 0.5) is 11.8 Å². The highest BCUT2D eigenvalue weighted by Crippen LogP contribution is 2.26. The van der Waals surface area contributed by atoms with Gasteiger partial charge in [0.25, 0.3) is 0 Å². The Balaban J connectivity index is 2.18. The van der Waals surface area contributed by atoms with Crippen LogP contribution in [0.2, 0.25) is 0 Å². The number of nitrogens with two attached hydrogens (primary N) is 1. The highest BCUT2D eigenvalue weighted by Gasteiger charge is 2.10. The lowest BCUT2D eigenvalue weighted by Crippen LogP contribution is -2.13. The normalized spacial score (nSPS) is 12.2. The highest BCUT2D eigenvalue weighted by atomic mass is 79.9. The lowest BCUT2D eigenvalue weighted by molar-refractivity contribution is 0.890. The number of hydrogen-bond donors (Lipinski definition) is 3. The van der Waals surface area contributed by atoms with Gasteiger partial charge in [0.15, 0.2) is 0 Å². The molecule has 7 heteroatoms. The van der Waals surface area contributed by atoms with Crippen molar-refractivity contribution in [2.45, 2.75) is 13.0 Å². The zero-order chi connectivity index (χ0) is 12.3. The van der Waals surface area contributed by atoms with Crippen molar-refractivity contribution >= 4 is 39.0 Å². The molecule has 0 spiro atoms. The molecule has 1 atom stereocenters. The summed E-state index contributed by atoms with van der Waals surface area (Å²) in [6.45, 7) is 2.08. The van der Waals surface area contributed by atoms with E-state index in [0.29, 0.717) is 11.8 Å². The van der Waals surface area contributed by atoms with E-state index in [4.69, 9.17) is 5.84 Å². The molecule has 0 saturated heterocycles. The molecule has 90 valence electrons. The number of hydrogen-bond acceptors (Lipinski definition) is 6. The number of nitrogens with one attached hydrogen (secondary N) is 2. The number of hydrazine groups is 1. The summed E-state index contributed by atoms with van der Waals surface area (Å²) in [6, 6.07) is 4.30. The Bertz CT molecular complexity index is 487. The number of anilines is 2. The van der Waals surface area contributed by atoms with Crippen LogP contribution in [0.15, 0.2) is 28.2 Å². The molecule has 5 nitrogen and oxygen atoms in total. The maximum Gasteiger partial charge on any atom is 0.239 e. The number of aromatic nitrogens is 2. The first-order valence-electron chi connectivity index (χ1n) is 5.00. The fourth-order valence-electron chi connectivity index (χ4n) is 1.35. The first-order chi connectivity index (χ1) is 8.20. The van der Waals surface area contributed by atoms with E-state index in [1.807, 2.05) is 6.07 Å². The second kappa shape index (κ2) is 5.44. The zero-order valence-electron chi connectivity index (χ0n) is 9.14. The minimum atomic E-state index is 0.187.